The first kappa shape index (κ1) is 15.8. The summed E-state index contributed by atoms with van der Waals surface area (Å²) in [6.45, 7) is 8.09. The lowest BCUT2D eigenvalue weighted by Crippen LogP contribution is -2.34. The molecule has 0 saturated heterocycles. The summed E-state index contributed by atoms with van der Waals surface area (Å²) < 4.78 is 10.8. The lowest BCUT2D eigenvalue weighted by atomic mass is 9.84. The van der Waals surface area contributed by atoms with Crippen LogP contribution in [0.15, 0.2) is 24.3 Å². The lowest BCUT2D eigenvalue weighted by Gasteiger charge is -2.31. The van der Waals surface area contributed by atoms with Crippen molar-refractivity contribution < 1.29 is 14.3 Å². The van der Waals surface area contributed by atoms with Gasteiger partial charge in [-0.1, -0.05) is 37.6 Å². The van der Waals surface area contributed by atoms with Crippen molar-refractivity contribution in [2.45, 2.75) is 40.2 Å². The third kappa shape index (κ3) is 4.75. The van der Waals surface area contributed by atoms with Gasteiger partial charge in [-0.3, -0.25) is 4.79 Å². The average molecular weight is 285 g/mol. The van der Waals surface area contributed by atoms with Crippen LogP contribution in [0.4, 0.5) is 0 Å². The van der Waals surface area contributed by atoms with Crippen LogP contribution >= 0.6 is 11.6 Å². The van der Waals surface area contributed by atoms with E-state index in [0.29, 0.717) is 23.8 Å². The van der Waals surface area contributed by atoms with Gasteiger partial charge in [0.15, 0.2) is 0 Å². The fraction of sp³-hybridized carbons (Fsp3) is 0.533. The summed E-state index contributed by atoms with van der Waals surface area (Å²) in [7, 11) is 0. The molecule has 0 aliphatic heterocycles. The third-order valence-electron chi connectivity index (χ3n) is 3.15. The molecule has 106 valence electrons. The highest BCUT2D eigenvalue weighted by atomic mass is 35.5. The normalized spacial score (nSPS) is 12.9. The van der Waals surface area contributed by atoms with Gasteiger partial charge in [0.2, 0.25) is 0 Å². The van der Waals surface area contributed by atoms with Crippen LogP contribution in [0.2, 0.25) is 5.02 Å². The predicted molar refractivity (Wildman–Crippen MR) is 76.6 cm³/mol. The number of carbonyl (C=O) groups excluding carboxylic acids is 1. The third-order valence-corrected chi connectivity index (χ3v) is 3.46. The number of ether oxygens (including phenoxy) is 2. The highest BCUT2D eigenvalue weighted by molar-refractivity contribution is 6.32. The number of hydrogen-bond acceptors (Lipinski definition) is 3. The zero-order valence-electron chi connectivity index (χ0n) is 11.9. The van der Waals surface area contributed by atoms with E-state index >= 15 is 0 Å². The average Bonchev–Trinajstić information content (AvgIpc) is 2.31. The quantitative estimate of drug-likeness (QED) is 0.738. The van der Waals surface area contributed by atoms with E-state index in [4.69, 9.17) is 21.1 Å². The largest absolute Gasteiger partial charge is 0.489 e. The Bertz CT molecular complexity index is 429. The molecule has 0 bridgehead atoms. The zero-order chi connectivity index (χ0) is 14.5. The molecule has 1 unspecified atom stereocenters. The first-order valence-electron chi connectivity index (χ1n) is 6.43. The van der Waals surface area contributed by atoms with E-state index in [1.807, 2.05) is 39.0 Å². The van der Waals surface area contributed by atoms with Crippen LogP contribution in [0.3, 0.4) is 0 Å². The van der Waals surface area contributed by atoms with Crippen LogP contribution < -0.4 is 4.74 Å². The van der Waals surface area contributed by atoms with E-state index < -0.39 is 0 Å². The summed E-state index contributed by atoms with van der Waals surface area (Å²) in [4.78, 5) is 11.6. The van der Waals surface area contributed by atoms with Crippen LogP contribution in [-0.2, 0) is 9.53 Å². The Balaban J connectivity index is 2.68. The number of carbonyl (C=O) groups is 1. The Morgan fingerprint density at radius 1 is 1.37 bits per heavy atom. The first-order valence-corrected chi connectivity index (χ1v) is 6.81. The number of halogens is 1. The maximum absolute atomic E-state index is 11.6. The van der Waals surface area contributed by atoms with E-state index in [1.165, 1.54) is 0 Å². The van der Waals surface area contributed by atoms with Gasteiger partial charge in [-0.15, -0.1) is 0 Å². The molecule has 0 aromatic heterocycles. The predicted octanol–water partition coefficient (Wildman–Crippen LogP) is 4.09. The van der Waals surface area contributed by atoms with Crippen LogP contribution in [0, 0.1) is 5.41 Å². The number of benzene rings is 1. The Hall–Kier alpha value is -1.22. The van der Waals surface area contributed by atoms with E-state index in [1.54, 1.807) is 13.0 Å². The van der Waals surface area contributed by atoms with Gasteiger partial charge in [0, 0.05) is 5.41 Å². The first-order chi connectivity index (χ1) is 8.86. The molecule has 3 nitrogen and oxygen atoms in total. The van der Waals surface area contributed by atoms with E-state index in [2.05, 4.69) is 0 Å². The SMILES string of the molecule is CCOC(=O)CC(C)(C)C(C)Oc1ccccc1Cl. The summed E-state index contributed by atoms with van der Waals surface area (Å²) in [5.41, 5.74) is -0.328. The molecule has 0 fully saturated rings. The molecule has 0 radical (unpaired) electrons. The van der Waals surface area contributed by atoms with Crippen LogP contribution in [-0.4, -0.2) is 18.7 Å². The Morgan fingerprint density at radius 2 is 2.00 bits per heavy atom. The summed E-state index contributed by atoms with van der Waals surface area (Å²) in [5, 5.41) is 0.571. The van der Waals surface area contributed by atoms with Gasteiger partial charge < -0.3 is 9.47 Å². The van der Waals surface area contributed by atoms with Gasteiger partial charge in [0.25, 0.3) is 0 Å². The smallest absolute Gasteiger partial charge is 0.306 e. The number of esters is 1. The van der Waals surface area contributed by atoms with Gasteiger partial charge in [-0.05, 0) is 26.0 Å². The maximum Gasteiger partial charge on any atom is 0.306 e. The molecule has 1 aromatic carbocycles. The number of para-hydroxylation sites is 1. The van der Waals surface area contributed by atoms with Crippen molar-refractivity contribution >= 4 is 17.6 Å². The summed E-state index contributed by atoms with van der Waals surface area (Å²) >= 11 is 6.06. The standard InChI is InChI=1S/C15H21ClO3/c1-5-18-14(17)10-15(3,4)11(2)19-13-9-7-6-8-12(13)16/h6-9,11H,5,10H2,1-4H3. The molecular formula is C15H21ClO3. The van der Waals surface area contributed by atoms with Crippen LogP contribution in [0.5, 0.6) is 5.75 Å². The van der Waals surface area contributed by atoms with Crippen molar-refractivity contribution in [2.75, 3.05) is 6.61 Å². The molecule has 0 aliphatic carbocycles. The second-order valence-electron chi connectivity index (χ2n) is 5.16. The van der Waals surface area contributed by atoms with Crippen molar-refractivity contribution in [3.8, 4) is 5.75 Å². The molecule has 0 amide bonds. The Morgan fingerprint density at radius 3 is 2.58 bits per heavy atom. The van der Waals surface area contributed by atoms with Crippen molar-refractivity contribution in [1.82, 2.24) is 0 Å². The molecule has 1 aromatic rings. The van der Waals surface area contributed by atoms with E-state index in [-0.39, 0.29) is 17.5 Å². The second-order valence-corrected chi connectivity index (χ2v) is 5.57. The van der Waals surface area contributed by atoms with Crippen LogP contribution in [0.1, 0.15) is 34.1 Å². The van der Waals surface area contributed by atoms with Crippen molar-refractivity contribution in [3.05, 3.63) is 29.3 Å². The molecule has 1 rings (SSSR count). The summed E-state index contributed by atoms with van der Waals surface area (Å²) in [6, 6.07) is 7.32. The van der Waals surface area contributed by atoms with Gasteiger partial charge in [0.05, 0.1) is 18.1 Å². The molecule has 0 aliphatic rings. The summed E-state index contributed by atoms with van der Waals surface area (Å²) in [5.74, 6) is 0.427. The highest BCUT2D eigenvalue weighted by Crippen LogP contribution is 2.32. The Kier molecular flexibility index (Phi) is 5.67. The van der Waals surface area contributed by atoms with E-state index in [0.717, 1.165) is 0 Å². The summed E-state index contributed by atoms with van der Waals surface area (Å²) in [6.07, 6.45) is 0.156. The van der Waals surface area contributed by atoms with E-state index in [9.17, 15) is 4.79 Å². The minimum absolute atomic E-state index is 0.156. The fourth-order valence-electron chi connectivity index (χ4n) is 1.62. The van der Waals surface area contributed by atoms with Gasteiger partial charge in [-0.2, -0.15) is 0 Å². The minimum atomic E-state index is -0.328. The van der Waals surface area contributed by atoms with Gasteiger partial charge in [-0.25, -0.2) is 0 Å². The highest BCUT2D eigenvalue weighted by Gasteiger charge is 2.31. The molecule has 1 atom stereocenters. The molecular weight excluding hydrogens is 264 g/mol. The minimum Gasteiger partial charge on any atom is -0.489 e. The molecule has 0 N–H and O–H groups in total. The number of rotatable bonds is 6. The monoisotopic (exact) mass is 284 g/mol. The van der Waals surface area contributed by atoms with Crippen molar-refractivity contribution in [2.24, 2.45) is 5.41 Å². The fourth-order valence-corrected chi connectivity index (χ4v) is 1.80. The topological polar surface area (TPSA) is 35.5 Å². The number of hydrogen-bond donors (Lipinski definition) is 0. The van der Waals surface area contributed by atoms with Gasteiger partial charge >= 0.3 is 5.97 Å². The zero-order valence-corrected chi connectivity index (χ0v) is 12.7. The molecule has 0 spiro atoms. The second kappa shape index (κ2) is 6.80. The van der Waals surface area contributed by atoms with Crippen molar-refractivity contribution in [3.63, 3.8) is 0 Å². The lowest BCUT2D eigenvalue weighted by molar-refractivity contribution is -0.146. The van der Waals surface area contributed by atoms with Gasteiger partial charge in [0.1, 0.15) is 11.9 Å². The van der Waals surface area contributed by atoms with Crippen LogP contribution in [0.25, 0.3) is 0 Å². The molecule has 0 heterocycles. The van der Waals surface area contributed by atoms with Crippen molar-refractivity contribution in [1.29, 1.82) is 0 Å². The Labute approximate surface area is 119 Å². The molecule has 4 heteroatoms. The maximum atomic E-state index is 11.6. The molecule has 0 saturated carbocycles. The molecule has 19 heavy (non-hydrogen) atoms.